The van der Waals surface area contributed by atoms with E-state index in [-0.39, 0.29) is 0 Å². The number of aliphatic hydroxyl groups is 2. The zero-order valence-electron chi connectivity index (χ0n) is 6.27. The van der Waals surface area contributed by atoms with Crippen LogP contribution in [0.15, 0.2) is 18.2 Å². The molecule has 1 aromatic rings. The lowest BCUT2D eigenvalue weighted by Crippen LogP contribution is -2.24. The highest BCUT2D eigenvalue weighted by Crippen LogP contribution is 1.84. The molecule has 0 aliphatic rings. The predicted octanol–water partition coefficient (Wildman–Crippen LogP) is 0.0911. The van der Waals surface area contributed by atoms with Crippen LogP contribution in [0.4, 0.5) is 0 Å². The van der Waals surface area contributed by atoms with Crippen LogP contribution >= 0.6 is 0 Å². The summed E-state index contributed by atoms with van der Waals surface area (Å²) in [6, 6.07) is 4.59. The fourth-order valence-corrected chi connectivity index (χ4v) is 0.896. The summed E-state index contributed by atoms with van der Waals surface area (Å²) in [5.41, 5.74) is 0.459. The van der Waals surface area contributed by atoms with Crippen molar-refractivity contribution in [3.05, 3.63) is 34.2 Å². The quantitative estimate of drug-likeness (QED) is 0.578. The standard InChI is InChI=1S/C9H8O3/c10-4-7-1-2-8(5-11)9(3-7)6-12/h1-6,11-12H/b8-5+,9-6-. The molecule has 0 radical (unpaired) electrons. The Balaban J connectivity index is 3.52. The van der Waals surface area contributed by atoms with Crippen molar-refractivity contribution >= 4 is 18.8 Å². The molecule has 1 rings (SSSR count). The number of aldehydes is 1. The first-order chi connectivity index (χ1) is 5.81. The number of aliphatic hydroxyl groups excluding tert-OH is 2. The molecule has 3 heteroatoms. The summed E-state index contributed by atoms with van der Waals surface area (Å²) in [5, 5.41) is 18.3. The summed E-state index contributed by atoms with van der Waals surface area (Å²) < 4.78 is 0. The van der Waals surface area contributed by atoms with Gasteiger partial charge in [-0.1, -0.05) is 12.1 Å². The van der Waals surface area contributed by atoms with E-state index in [0.29, 0.717) is 22.3 Å². The number of carbonyl (C=O) groups is 1. The Labute approximate surface area is 68.9 Å². The zero-order chi connectivity index (χ0) is 8.97. The molecule has 0 aliphatic carbocycles. The van der Waals surface area contributed by atoms with Crippen molar-refractivity contribution in [2.75, 3.05) is 0 Å². The fraction of sp³-hybridized carbons (Fsp3) is 0. The van der Waals surface area contributed by atoms with Crippen molar-refractivity contribution in [1.82, 2.24) is 0 Å². The second-order valence-corrected chi connectivity index (χ2v) is 2.26. The van der Waals surface area contributed by atoms with E-state index in [0.717, 1.165) is 12.5 Å². The van der Waals surface area contributed by atoms with Crippen molar-refractivity contribution in [1.29, 1.82) is 0 Å². The van der Waals surface area contributed by atoms with Gasteiger partial charge in [-0.15, -0.1) is 0 Å². The van der Waals surface area contributed by atoms with Crippen LogP contribution in [0, 0.1) is 0 Å². The van der Waals surface area contributed by atoms with E-state index in [1.54, 1.807) is 12.1 Å². The van der Waals surface area contributed by atoms with E-state index in [2.05, 4.69) is 0 Å². The lowest BCUT2D eigenvalue weighted by atomic mass is 10.2. The minimum absolute atomic E-state index is 0.419. The summed E-state index contributed by atoms with van der Waals surface area (Å²) in [6.45, 7) is 0. The molecule has 1 aromatic carbocycles. The highest BCUT2D eigenvalue weighted by molar-refractivity contribution is 5.74. The van der Waals surface area contributed by atoms with E-state index in [1.807, 2.05) is 0 Å². The Morgan fingerprint density at radius 1 is 1.08 bits per heavy atom. The van der Waals surface area contributed by atoms with Gasteiger partial charge in [-0.2, -0.15) is 0 Å². The highest BCUT2D eigenvalue weighted by Gasteiger charge is 1.89. The van der Waals surface area contributed by atoms with Crippen LogP contribution in [0.2, 0.25) is 0 Å². The van der Waals surface area contributed by atoms with Gasteiger partial charge in [0.25, 0.3) is 0 Å². The molecule has 0 saturated heterocycles. The van der Waals surface area contributed by atoms with Crippen LogP contribution < -0.4 is 10.4 Å². The van der Waals surface area contributed by atoms with Crippen LogP contribution in [-0.4, -0.2) is 16.5 Å². The van der Waals surface area contributed by atoms with Crippen molar-refractivity contribution in [3.63, 3.8) is 0 Å². The monoisotopic (exact) mass is 164 g/mol. The Kier molecular flexibility index (Phi) is 2.48. The van der Waals surface area contributed by atoms with Crippen LogP contribution in [0.5, 0.6) is 0 Å². The zero-order valence-corrected chi connectivity index (χ0v) is 6.27. The smallest absolute Gasteiger partial charge is 0.150 e. The molecule has 0 aliphatic heterocycles. The molecule has 0 unspecified atom stereocenters. The van der Waals surface area contributed by atoms with Gasteiger partial charge in [-0.25, -0.2) is 0 Å². The van der Waals surface area contributed by atoms with Gasteiger partial charge < -0.3 is 10.2 Å². The fourth-order valence-electron chi connectivity index (χ4n) is 0.896. The summed E-state index contributed by atoms with van der Waals surface area (Å²) >= 11 is 0. The first-order valence-corrected chi connectivity index (χ1v) is 3.36. The van der Waals surface area contributed by atoms with Gasteiger partial charge in [0, 0.05) is 16.0 Å². The Bertz CT molecular complexity index is 393. The second-order valence-electron chi connectivity index (χ2n) is 2.26. The number of rotatable bonds is 1. The minimum atomic E-state index is 0.419. The summed E-state index contributed by atoms with van der Waals surface area (Å²) in [4.78, 5) is 10.3. The maximum atomic E-state index is 10.3. The molecule has 0 aromatic heterocycles. The third kappa shape index (κ3) is 1.45. The lowest BCUT2D eigenvalue weighted by Gasteiger charge is -1.89. The third-order valence-corrected chi connectivity index (χ3v) is 1.53. The number of carbonyl (C=O) groups excluding carboxylic acids is 1. The van der Waals surface area contributed by atoms with E-state index in [1.165, 1.54) is 6.07 Å². The van der Waals surface area contributed by atoms with Crippen molar-refractivity contribution in [2.24, 2.45) is 0 Å². The minimum Gasteiger partial charge on any atom is -0.515 e. The van der Waals surface area contributed by atoms with Gasteiger partial charge in [0.05, 0.1) is 12.5 Å². The average Bonchev–Trinajstić information content (AvgIpc) is 2.16. The molecule has 12 heavy (non-hydrogen) atoms. The first kappa shape index (κ1) is 8.33. The molecular formula is C9H8O3. The second kappa shape index (κ2) is 3.57. The van der Waals surface area contributed by atoms with Gasteiger partial charge in [-0.3, -0.25) is 4.79 Å². The molecule has 0 fully saturated rings. The number of hydrogen-bond donors (Lipinski definition) is 2. The van der Waals surface area contributed by atoms with Gasteiger partial charge >= 0.3 is 0 Å². The Morgan fingerprint density at radius 3 is 2.25 bits per heavy atom. The van der Waals surface area contributed by atoms with Gasteiger partial charge in [0.2, 0.25) is 0 Å². The average molecular weight is 164 g/mol. The van der Waals surface area contributed by atoms with Crippen molar-refractivity contribution in [2.45, 2.75) is 0 Å². The van der Waals surface area contributed by atoms with Crippen molar-refractivity contribution < 1.29 is 15.0 Å². The summed E-state index contributed by atoms with van der Waals surface area (Å²) in [7, 11) is 0. The number of hydrogen-bond acceptors (Lipinski definition) is 3. The first-order valence-electron chi connectivity index (χ1n) is 3.36. The molecule has 3 nitrogen and oxygen atoms in total. The van der Waals surface area contributed by atoms with Gasteiger partial charge in [0.1, 0.15) is 6.29 Å². The largest absolute Gasteiger partial charge is 0.515 e. The molecule has 0 heterocycles. The van der Waals surface area contributed by atoms with Gasteiger partial charge in [0.15, 0.2) is 0 Å². The van der Waals surface area contributed by atoms with Gasteiger partial charge in [-0.05, 0) is 6.07 Å². The normalized spacial score (nSPS) is 13.3. The Hall–Kier alpha value is -1.77. The topological polar surface area (TPSA) is 57.5 Å². The number of benzene rings is 1. The van der Waals surface area contributed by atoms with E-state index < -0.39 is 0 Å². The van der Waals surface area contributed by atoms with E-state index in [4.69, 9.17) is 10.2 Å². The Morgan fingerprint density at radius 2 is 1.75 bits per heavy atom. The maximum absolute atomic E-state index is 10.3. The molecule has 0 atom stereocenters. The van der Waals surface area contributed by atoms with Crippen LogP contribution in [0.25, 0.3) is 12.5 Å². The highest BCUT2D eigenvalue weighted by atomic mass is 16.2. The molecule has 0 spiro atoms. The summed E-state index contributed by atoms with van der Waals surface area (Å²) in [5.74, 6) is 0. The van der Waals surface area contributed by atoms with E-state index >= 15 is 0 Å². The molecule has 0 bridgehead atoms. The molecule has 62 valence electrons. The van der Waals surface area contributed by atoms with E-state index in [9.17, 15) is 4.79 Å². The van der Waals surface area contributed by atoms with Crippen LogP contribution in [0.3, 0.4) is 0 Å². The lowest BCUT2D eigenvalue weighted by molar-refractivity contribution is 0.112. The predicted molar refractivity (Wildman–Crippen MR) is 45.3 cm³/mol. The van der Waals surface area contributed by atoms with Crippen LogP contribution in [-0.2, 0) is 0 Å². The van der Waals surface area contributed by atoms with Crippen molar-refractivity contribution in [3.8, 4) is 0 Å². The molecular weight excluding hydrogens is 156 g/mol. The maximum Gasteiger partial charge on any atom is 0.150 e. The molecule has 2 N–H and O–H groups in total. The third-order valence-electron chi connectivity index (χ3n) is 1.53. The summed E-state index contributed by atoms with van der Waals surface area (Å²) in [6.07, 6.45) is 2.39. The SMILES string of the molecule is O=Cc1ccc(=C\O)/c(=C\O)c1. The molecule has 0 amide bonds. The van der Waals surface area contributed by atoms with Crippen LogP contribution in [0.1, 0.15) is 10.4 Å². The molecule has 0 saturated carbocycles.